The third-order valence-electron chi connectivity index (χ3n) is 5.04. The van der Waals surface area contributed by atoms with Gasteiger partial charge in [-0.05, 0) is 31.4 Å². The molecule has 6 nitrogen and oxygen atoms in total. The zero-order valence-corrected chi connectivity index (χ0v) is 13.7. The fourth-order valence-corrected chi connectivity index (χ4v) is 3.67. The number of nitrogens with one attached hydrogen (secondary N) is 1. The maximum absolute atomic E-state index is 12.6. The lowest BCUT2D eigenvalue weighted by Crippen LogP contribution is -2.48. The van der Waals surface area contributed by atoms with Gasteiger partial charge in [0.05, 0.1) is 5.41 Å². The van der Waals surface area contributed by atoms with Gasteiger partial charge in [-0.3, -0.25) is 14.4 Å². The number of carbonyl (C=O) groups is 2. The number of carbonyl (C=O) groups excluding carboxylic acids is 2. The summed E-state index contributed by atoms with van der Waals surface area (Å²) in [5, 5.41) is 0. The molecule has 0 aliphatic carbocycles. The highest BCUT2D eigenvalue weighted by molar-refractivity contribution is 5.95. The van der Waals surface area contributed by atoms with Crippen LogP contribution in [0.3, 0.4) is 0 Å². The average Bonchev–Trinajstić information content (AvgIpc) is 2.96. The number of rotatable bonds is 1. The monoisotopic (exact) mass is 357 g/mol. The van der Waals surface area contributed by atoms with E-state index >= 15 is 0 Å². The molecule has 25 heavy (non-hydrogen) atoms. The van der Waals surface area contributed by atoms with Gasteiger partial charge in [-0.25, -0.2) is 0 Å². The molecule has 136 valence electrons. The van der Waals surface area contributed by atoms with E-state index in [2.05, 4.69) is 0 Å². The number of hydrogen-bond donors (Lipinski definition) is 1. The van der Waals surface area contributed by atoms with Crippen molar-refractivity contribution in [3.05, 3.63) is 33.7 Å². The molecule has 2 aliphatic rings. The predicted octanol–water partition coefficient (Wildman–Crippen LogP) is 1.48. The summed E-state index contributed by atoms with van der Waals surface area (Å²) in [6.07, 6.45) is -2.67. The Bertz CT molecular complexity index is 774. The number of hydrogen-bond acceptors (Lipinski definition) is 3. The molecule has 1 atom stereocenters. The van der Waals surface area contributed by atoms with Gasteiger partial charge in [0.1, 0.15) is 11.3 Å². The minimum atomic E-state index is -4.68. The third-order valence-corrected chi connectivity index (χ3v) is 5.04. The lowest BCUT2D eigenvalue weighted by atomic mass is 9.78. The molecule has 1 unspecified atom stereocenters. The van der Waals surface area contributed by atoms with Crippen LogP contribution in [0.4, 0.5) is 13.2 Å². The number of aromatic amines is 1. The van der Waals surface area contributed by atoms with Crippen molar-refractivity contribution >= 4 is 11.8 Å². The molecule has 2 amide bonds. The van der Waals surface area contributed by atoms with Crippen molar-refractivity contribution in [3.8, 4) is 0 Å². The van der Waals surface area contributed by atoms with E-state index in [4.69, 9.17) is 0 Å². The standard InChI is InChI=1S/C16H18F3N3O3/c1-21-7-2-5-15(14(21)25)6-8-22(9-15)13(24)10-3-4-11(16(17,18)19)20-12(10)23/h3-4H,2,5-9H2,1H3,(H,20,23). The maximum Gasteiger partial charge on any atom is 0.431 e. The minimum absolute atomic E-state index is 0.0182. The number of nitrogens with zero attached hydrogens (tertiary/aromatic N) is 2. The fraction of sp³-hybridized carbons (Fsp3) is 0.562. The Morgan fingerprint density at radius 3 is 2.56 bits per heavy atom. The van der Waals surface area contributed by atoms with Crippen LogP contribution >= 0.6 is 0 Å². The molecule has 0 radical (unpaired) electrons. The summed E-state index contributed by atoms with van der Waals surface area (Å²) in [6.45, 7) is 1.17. The van der Waals surface area contributed by atoms with Crippen molar-refractivity contribution < 1.29 is 22.8 Å². The molecule has 1 spiro atoms. The van der Waals surface area contributed by atoms with Gasteiger partial charge in [0.25, 0.3) is 11.5 Å². The van der Waals surface area contributed by atoms with E-state index in [9.17, 15) is 27.6 Å². The Kier molecular flexibility index (Phi) is 4.12. The molecule has 0 aromatic carbocycles. The van der Waals surface area contributed by atoms with Crippen LogP contribution < -0.4 is 5.56 Å². The molecule has 2 saturated heterocycles. The molecular weight excluding hydrogens is 339 g/mol. The summed E-state index contributed by atoms with van der Waals surface area (Å²) in [5.41, 5.74) is -3.26. The topological polar surface area (TPSA) is 73.5 Å². The van der Waals surface area contributed by atoms with E-state index in [1.54, 1.807) is 16.9 Å². The molecular formula is C16H18F3N3O3. The van der Waals surface area contributed by atoms with E-state index in [-0.39, 0.29) is 18.0 Å². The van der Waals surface area contributed by atoms with Gasteiger partial charge in [0, 0.05) is 26.7 Å². The van der Waals surface area contributed by atoms with Gasteiger partial charge in [0.15, 0.2) is 0 Å². The van der Waals surface area contributed by atoms with Crippen LogP contribution in [-0.4, -0.2) is 53.3 Å². The van der Waals surface area contributed by atoms with Crippen LogP contribution in [0.15, 0.2) is 16.9 Å². The number of amides is 2. The first kappa shape index (κ1) is 17.5. The second kappa shape index (κ2) is 5.89. The smallest absolute Gasteiger partial charge is 0.345 e. The summed E-state index contributed by atoms with van der Waals surface area (Å²) < 4.78 is 37.8. The predicted molar refractivity (Wildman–Crippen MR) is 81.9 cm³/mol. The second-order valence-corrected chi connectivity index (χ2v) is 6.70. The molecule has 2 fully saturated rings. The molecule has 9 heteroatoms. The van der Waals surface area contributed by atoms with E-state index in [0.29, 0.717) is 32.0 Å². The molecule has 3 heterocycles. The fourth-order valence-electron chi connectivity index (χ4n) is 3.67. The van der Waals surface area contributed by atoms with Gasteiger partial charge >= 0.3 is 6.18 Å². The summed E-state index contributed by atoms with van der Waals surface area (Å²) >= 11 is 0. The summed E-state index contributed by atoms with van der Waals surface area (Å²) in [5.74, 6) is -0.664. The van der Waals surface area contributed by atoms with E-state index in [0.717, 1.165) is 12.5 Å². The molecule has 1 aromatic heterocycles. The second-order valence-electron chi connectivity index (χ2n) is 6.70. The molecule has 1 aromatic rings. The van der Waals surface area contributed by atoms with Crippen molar-refractivity contribution in [2.24, 2.45) is 5.41 Å². The van der Waals surface area contributed by atoms with Crippen LogP contribution in [-0.2, 0) is 11.0 Å². The molecule has 1 N–H and O–H groups in total. The van der Waals surface area contributed by atoms with Crippen LogP contribution in [0.1, 0.15) is 35.3 Å². The van der Waals surface area contributed by atoms with Crippen molar-refractivity contribution in [2.45, 2.75) is 25.4 Å². The van der Waals surface area contributed by atoms with Gasteiger partial charge < -0.3 is 14.8 Å². The number of H-pyrrole nitrogens is 1. The number of alkyl halides is 3. The first-order valence-electron chi connectivity index (χ1n) is 7.99. The largest absolute Gasteiger partial charge is 0.431 e. The Morgan fingerprint density at radius 1 is 1.20 bits per heavy atom. The highest BCUT2D eigenvalue weighted by Gasteiger charge is 2.48. The number of pyridine rings is 1. The van der Waals surface area contributed by atoms with Crippen molar-refractivity contribution in [3.63, 3.8) is 0 Å². The Hall–Kier alpha value is -2.32. The Morgan fingerprint density at radius 2 is 1.92 bits per heavy atom. The highest BCUT2D eigenvalue weighted by atomic mass is 19.4. The van der Waals surface area contributed by atoms with Crippen LogP contribution in [0.2, 0.25) is 0 Å². The van der Waals surface area contributed by atoms with Crippen molar-refractivity contribution in [2.75, 3.05) is 26.7 Å². The first-order chi connectivity index (χ1) is 11.6. The van der Waals surface area contributed by atoms with E-state index in [1.807, 2.05) is 0 Å². The Labute approximate surface area is 141 Å². The zero-order valence-electron chi connectivity index (χ0n) is 13.7. The van der Waals surface area contributed by atoms with Gasteiger partial charge in [-0.1, -0.05) is 0 Å². The number of aromatic nitrogens is 1. The van der Waals surface area contributed by atoms with Crippen LogP contribution in [0, 0.1) is 5.41 Å². The minimum Gasteiger partial charge on any atom is -0.345 e. The lowest BCUT2D eigenvalue weighted by molar-refractivity contribution is -0.144. The number of halogens is 3. The van der Waals surface area contributed by atoms with Crippen LogP contribution in [0.5, 0.6) is 0 Å². The van der Waals surface area contributed by atoms with Gasteiger partial charge in [-0.2, -0.15) is 13.2 Å². The number of likely N-dealkylation sites (tertiary alicyclic amines) is 2. The number of piperidine rings is 1. The average molecular weight is 357 g/mol. The SMILES string of the molecule is CN1CCCC2(CCN(C(=O)c3ccc(C(F)(F)F)[nH]c3=O)C2)C1=O. The summed E-state index contributed by atoms with van der Waals surface area (Å²) in [6, 6.07) is 1.57. The normalized spacial score (nSPS) is 24.2. The highest BCUT2D eigenvalue weighted by Crippen LogP contribution is 2.40. The zero-order chi connectivity index (χ0) is 18.4. The lowest BCUT2D eigenvalue weighted by Gasteiger charge is -2.37. The van der Waals surface area contributed by atoms with Crippen molar-refractivity contribution in [1.82, 2.24) is 14.8 Å². The summed E-state index contributed by atoms with van der Waals surface area (Å²) in [7, 11) is 1.72. The molecule has 2 aliphatic heterocycles. The van der Waals surface area contributed by atoms with E-state index < -0.39 is 28.8 Å². The molecule has 0 saturated carbocycles. The molecule has 3 rings (SSSR count). The van der Waals surface area contributed by atoms with Crippen molar-refractivity contribution in [1.29, 1.82) is 0 Å². The van der Waals surface area contributed by atoms with E-state index in [1.165, 1.54) is 4.90 Å². The van der Waals surface area contributed by atoms with Crippen LogP contribution in [0.25, 0.3) is 0 Å². The Balaban J connectivity index is 1.81. The quantitative estimate of drug-likeness (QED) is 0.827. The summed E-state index contributed by atoms with van der Waals surface area (Å²) in [4.78, 5) is 41.6. The first-order valence-corrected chi connectivity index (χ1v) is 7.99. The van der Waals surface area contributed by atoms with Gasteiger partial charge in [0.2, 0.25) is 5.91 Å². The van der Waals surface area contributed by atoms with Gasteiger partial charge in [-0.15, -0.1) is 0 Å². The third kappa shape index (κ3) is 3.03. The molecule has 0 bridgehead atoms. The maximum atomic E-state index is 12.6.